The number of esters is 2. The fourth-order valence-corrected chi connectivity index (χ4v) is 3.62. The molecule has 3 atom stereocenters. The molecule has 1 aliphatic carbocycles. The van der Waals surface area contributed by atoms with Crippen LogP contribution in [0.5, 0.6) is 0 Å². The van der Waals surface area contributed by atoms with Gasteiger partial charge in [-0.3, -0.25) is 0 Å². The maximum absolute atomic E-state index is 12.6. The Bertz CT molecular complexity index is 763. The highest BCUT2D eigenvalue weighted by molar-refractivity contribution is 6.30. The molecule has 2 fully saturated rings. The van der Waals surface area contributed by atoms with E-state index in [0.717, 1.165) is 25.7 Å². The summed E-state index contributed by atoms with van der Waals surface area (Å²) in [7, 11) is 0. The second kappa shape index (κ2) is 7.30. The highest BCUT2D eigenvalue weighted by Gasteiger charge is 2.69. The van der Waals surface area contributed by atoms with Crippen LogP contribution in [-0.2, 0) is 19.0 Å². The van der Waals surface area contributed by atoms with Crippen LogP contribution in [0.25, 0.3) is 0 Å². The maximum Gasteiger partial charge on any atom is 0.384 e. The van der Waals surface area contributed by atoms with Crippen molar-refractivity contribution in [2.24, 2.45) is 0 Å². The van der Waals surface area contributed by atoms with Crippen LogP contribution in [0, 0.1) is 11.8 Å². The lowest BCUT2D eigenvalue weighted by Crippen LogP contribution is -2.48. The molecule has 0 bridgehead atoms. The number of hydrogen-bond donors (Lipinski definition) is 0. The van der Waals surface area contributed by atoms with Crippen molar-refractivity contribution in [1.29, 1.82) is 0 Å². The van der Waals surface area contributed by atoms with E-state index in [9.17, 15) is 9.59 Å². The van der Waals surface area contributed by atoms with E-state index in [4.69, 9.17) is 25.8 Å². The molecule has 1 saturated carbocycles. The van der Waals surface area contributed by atoms with Crippen molar-refractivity contribution < 1.29 is 23.8 Å². The van der Waals surface area contributed by atoms with Gasteiger partial charge in [0.05, 0.1) is 18.3 Å². The SMILES string of the molecule is CCOC(=O)C#C[C@](C)(OC(=O)c1ccc(Cl)cc1)[C@@]12CCCC[C@@H]1O2. The summed E-state index contributed by atoms with van der Waals surface area (Å²) in [6.07, 6.45) is 3.66. The predicted molar refractivity (Wildman–Crippen MR) is 95.8 cm³/mol. The molecule has 0 aromatic heterocycles. The molecule has 0 amide bonds. The van der Waals surface area contributed by atoms with Gasteiger partial charge in [0.1, 0.15) is 5.60 Å². The van der Waals surface area contributed by atoms with Crippen LogP contribution in [0.4, 0.5) is 0 Å². The highest BCUT2D eigenvalue weighted by atomic mass is 35.5. The molecule has 3 rings (SSSR count). The smallest absolute Gasteiger partial charge is 0.384 e. The number of epoxide rings is 1. The predicted octanol–water partition coefficient (Wildman–Crippen LogP) is 3.53. The molecule has 5 nitrogen and oxygen atoms in total. The fraction of sp³-hybridized carbons (Fsp3) is 0.500. The number of ether oxygens (including phenoxy) is 3. The average molecular weight is 377 g/mol. The van der Waals surface area contributed by atoms with Gasteiger partial charge in [-0.1, -0.05) is 24.4 Å². The monoisotopic (exact) mass is 376 g/mol. The Morgan fingerprint density at radius 2 is 2.08 bits per heavy atom. The number of carbonyl (C=O) groups excluding carboxylic acids is 2. The first-order valence-electron chi connectivity index (χ1n) is 8.77. The normalized spacial score (nSPS) is 25.7. The zero-order chi connectivity index (χ0) is 18.8. The summed E-state index contributed by atoms with van der Waals surface area (Å²) in [5.74, 6) is 4.10. The van der Waals surface area contributed by atoms with Gasteiger partial charge >= 0.3 is 11.9 Å². The molecule has 0 spiro atoms. The topological polar surface area (TPSA) is 65.1 Å². The summed E-state index contributed by atoms with van der Waals surface area (Å²) in [6.45, 7) is 3.65. The van der Waals surface area contributed by atoms with Crippen molar-refractivity contribution in [3.05, 3.63) is 34.9 Å². The lowest BCUT2D eigenvalue weighted by Gasteiger charge is -2.33. The lowest BCUT2D eigenvalue weighted by molar-refractivity contribution is -0.136. The summed E-state index contributed by atoms with van der Waals surface area (Å²) in [4.78, 5) is 24.3. The first kappa shape index (κ1) is 18.8. The van der Waals surface area contributed by atoms with E-state index in [1.165, 1.54) is 0 Å². The van der Waals surface area contributed by atoms with Crippen molar-refractivity contribution in [2.75, 3.05) is 6.61 Å². The van der Waals surface area contributed by atoms with Gasteiger partial charge in [-0.25, -0.2) is 9.59 Å². The van der Waals surface area contributed by atoms with Gasteiger partial charge < -0.3 is 14.2 Å². The van der Waals surface area contributed by atoms with E-state index in [1.54, 1.807) is 38.1 Å². The number of rotatable bonds is 4. The van der Waals surface area contributed by atoms with Crippen LogP contribution in [-0.4, -0.2) is 35.9 Å². The van der Waals surface area contributed by atoms with Gasteiger partial charge in [-0.15, -0.1) is 0 Å². The van der Waals surface area contributed by atoms with Gasteiger partial charge in [0.2, 0.25) is 5.60 Å². The van der Waals surface area contributed by atoms with Gasteiger partial charge in [0.15, 0.2) is 0 Å². The van der Waals surface area contributed by atoms with Crippen LogP contribution in [0.2, 0.25) is 5.02 Å². The number of halogens is 1. The summed E-state index contributed by atoms with van der Waals surface area (Å²) < 4.78 is 16.6. The molecule has 2 aliphatic rings. The first-order chi connectivity index (χ1) is 12.4. The van der Waals surface area contributed by atoms with Gasteiger partial charge in [0.25, 0.3) is 0 Å². The molecule has 1 aliphatic heterocycles. The second-order valence-electron chi connectivity index (χ2n) is 6.64. The zero-order valence-electron chi connectivity index (χ0n) is 14.8. The van der Waals surface area contributed by atoms with Crippen LogP contribution < -0.4 is 0 Å². The Hall–Kier alpha value is -2.03. The van der Waals surface area contributed by atoms with Crippen LogP contribution >= 0.6 is 11.6 Å². The molecule has 1 heterocycles. The summed E-state index contributed by atoms with van der Waals surface area (Å²) in [6, 6.07) is 6.42. The minimum absolute atomic E-state index is 0.00392. The Labute approximate surface area is 157 Å². The van der Waals surface area contributed by atoms with E-state index in [1.807, 2.05) is 0 Å². The third-order valence-corrected chi connectivity index (χ3v) is 5.19. The molecule has 0 radical (unpaired) electrons. The highest BCUT2D eigenvalue weighted by Crippen LogP contribution is 2.55. The molecule has 0 N–H and O–H groups in total. The van der Waals surface area contributed by atoms with Crippen molar-refractivity contribution in [3.8, 4) is 11.8 Å². The minimum Gasteiger partial charge on any atom is -0.456 e. The fourth-order valence-electron chi connectivity index (χ4n) is 3.49. The van der Waals surface area contributed by atoms with E-state index >= 15 is 0 Å². The molecule has 1 aromatic carbocycles. The largest absolute Gasteiger partial charge is 0.456 e. The third-order valence-electron chi connectivity index (χ3n) is 4.94. The second-order valence-corrected chi connectivity index (χ2v) is 7.08. The maximum atomic E-state index is 12.6. The lowest BCUT2D eigenvalue weighted by atomic mass is 9.77. The Balaban J connectivity index is 1.87. The van der Waals surface area contributed by atoms with Crippen molar-refractivity contribution >= 4 is 23.5 Å². The molecular weight excluding hydrogens is 356 g/mol. The summed E-state index contributed by atoms with van der Waals surface area (Å²) in [5, 5.41) is 0.530. The van der Waals surface area contributed by atoms with E-state index in [0.29, 0.717) is 10.6 Å². The van der Waals surface area contributed by atoms with Crippen molar-refractivity contribution in [1.82, 2.24) is 0 Å². The number of benzene rings is 1. The summed E-state index contributed by atoms with van der Waals surface area (Å²) >= 11 is 5.87. The quantitative estimate of drug-likeness (QED) is 0.348. The van der Waals surface area contributed by atoms with E-state index in [-0.39, 0.29) is 12.7 Å². The molecule has 6 heteroatoms. The first-order valence-corrected chi connectivity index (χ1v) is 9.15. The van der Waals surface area contributed by atoms with Gasteiger partial charge in [-0.2, -0.15) is 0 Å². The van der Waals surface area contributed by atoms with Crippen LogP contribution in [0.15, 0.2) is 24.3 Å². The number of fused-ring (bicyclic) bond motifs is 1. The Kier molecular flexibility index (Phi) is 5.27. The molecule has 0 unspecified atom stereocenters. The molecule has 26 heavy (non-hydrogen) atoms. The number of hydrogen-bond acceptors (Lipinski definition) is 5. The molecule has 1 aromatic rings. The van der Waals surface area contributed by atoms with Gasteiger partial charge in [0, 0.05) is 10.9 Å². The van der Waals surface area contributed by atoms with Gasteiger partial charge in [-0.05, 0) is 56.9 Å². The molecule has 1 saturated heterocycles. The van der Waals surface area contributed by atoms with E-state index in [2.05, 4.69) is 11.8 Å². The standard InChI is InChI=1S/C20H21ClO5/c1-3-24-17(22)11-13-19(2,20-12-5-4-6-16(20)25-20)26-18(23)14-7-9-15(21)10-8-14/h7-10,16H,3-6,12H2,1-2H3/t16-,19-,20+/m0/s1. The zero-order valence-corrected chi connectivity index (χ0v) is 15.6. The van der Waals surface area contributed by atoms with Crippen LogP contribution in [0.1, 0.15) is 49.9 Å². The summed E-state index contributed by atoms with van der Waals surface area (Å²) in [5.41, 5.74) is -1.53. The Morgan fingerprint density at radius 3 is 2.73 bits per heavy atom. The van der Waals surface area contributed by atoms with Crippen molar-refractivity contribution in [3.63, 3.8) is 0 Å². The molecular formula is C20H21ClO5. The Morgan fingerprint density at radius 1 is 1.35 bits per heavy atom. The molecule has 138 valence electrons. The minimum atomic E-state index is -1.23. The average Bonchev–Trinajstić information content (AvgIpc) is 3.37. The van der Waals surface area contributed by atoms with Crippen LogP contribution in [0.3, 0.4) is 0 Å². The van der Waals surface area contributed by atoms with E-state index < -0.39 is 23.1 Å². The number of carbonyl (C=O) groups is 2. The third kappa shape index (κ3) is 3.58. The van der Waals surface area contributed by atoms with Crippen molar-refractivity contribution in [2.45, 2.75) is 56.8 Å².